The lowest BCUT2D eigenvalue weighted by atomic mass is 9.75. The third kappa shape index (κ3) is 3.87. The molecule has 3 aromatic carbocycles. The fraction of sp³-hybridized carbons (Fsp3) is 0.267. The molecule has 6 nitrogen and oxygen atoms in total. The molecule has 0 fully saturated rings. The van der Waals surface area contributed by atoms with E-state index in [1.807, 2.05) is 79.4 Å². The number of benzene rings is 3. The van der Waals surface area contributed by atoms with Gasteiger partial charge in [-0.05, 0) is 56.3 Å². The van der Waals surface area contributed by atoms with Crippen molar-refractivity contribution in [2.75, 3.05) is 18.1 Å². The van der Waals surface area contributed by atoms with Crippen LogP contribution in [0.3, 0.4) is 0 Å². The summed E-state index contributed by atoms with van der Waals surface area (Å²) >= 11 is 0. The van der Waals surface area contributed by atoms with E-state index in [0.717, 1.165) is 34.1 Å². The fourth-order valence-electron chi connectivity index (χ4n) is 5.37. The van der Waals surface area contributed by atoms with Crippen LogP contribution in [0.1, 0.15) is 44.6 Å². The molecular formula is C30H29N3O3. The second kappa shape index (κ2) is 9.79. The Morgan fingerprint density at radius 1 is 1.03 bits per heavy atom. The zero-order valence-electron chi connectivity index (χ0n) is 20.6. The molecule has 2 aliphatic rings. The Balaban J connectivity index is 1.79. The Labute approximate surface area is 211 Å². The third-order valence-corrected chi connectivity index (χ3v) is 6.82. The average molecular weight is 480 g/mol. The van der Waals surface area contributed by atoms with E-state index in [0.29, 0.717) is 54.5 Å². The van der Waals surface area contributed by atoms with Crippen LogP contribution in [0, 0.1) is 11.3 Å². The number of carbonyl (C=O) groups is 1. The first-order valence-electron chi connectivity index (χ1n) is 12.4. The average Bonchev–Trinajstić information content (AvgIpc) is 2.89. The lowest BCUT2D eigenvalue weighted by Crippen LogP contribution is -2.39. The highest BCUT2D eigenvalue weighted by Crippen LogP contribution is 2.49. The van der Waals surface area contributed by atoms with Gasteiger partial charge in [-0.2, -0.15) is 5.26 Å². The first-order chi connectivity index (χ1) is 17.6. The van der Waals surface area contributed by atoms with Gasteiger partial charge < -0.3 is 15.2 Å². The quantitative estimate of drug-likeness (QED) is 0.471. The van der Waals surface area contributed by atoms with Gasteiger partial charge in [-0.3, -0.25) is 9.69 Å². The molecule has 0 saturated heterocycles. The van der Waals surface area contributed by atoms with E-state index in [-0.39, 0.29) is 5.78 Å². The van der Waals surface area contributed by atoms with E-state index < -0.39 is 5.92 Å². The van der Waals surface area contributed by atoms with E-state index in [1.165, 1.54) is 0 Å². The number of hydrogen-bond donors (Lipinski definition) is 1. The highest BCUT2D eigenvalue weighted by Gasteiger charge is 2.41. The van der Waals surface area contributed by atoms with Crippen molar-refractivity contribution in [2.45, 2.75) is 39.0 Å². The summed E-state index contributed by atoms with van der Waals surface area (Å²) in [4.78, 5) is 15.5. The van der Waals surface area contributed by atoms with Crippen LogP contribution in [0.2, 0.25) is 0 Å². The topological polar surface area (TPSA) is 88.6 Å². The Kier molecular flexibility index (Phi) is 6.39. The van der Waals surface area contributed by atoms with Crippen LogP contribution in [-0.2, 0) is 4.79 Å². The number of carbonyl (C=O) groups excluding carboxylic acids is 1. The molecule has 182 valence electrons. The van der Waals surface area contributed by atoms with Crippen molar-refractivity contribution < 1.29 is 14.3 Å². The van der Waals surface area contributed by atoms with Crippen molar-refractivity contribution in [2.24, 2.45) is 5.73 Å². The number of nitrogens with zero attached hydrogens (tertiary/aromatic N) is 2. The first-order valence-corrected chi connectivity index (χ1v) is 12.4. The molecule has 0 amide bonds. The third-order valence-electron chi connectivity index (χ3n) is 6.82. The predicted octanol–water partition coefficient (Wildman–Crippen LogP) is 5.94. The highest BCUT2D eigenvalue weighted by atomic mass is 16.5. The van der Waals surface area contributed by atoms with E-state index in [1.54, 1.807) is 0 Å². The van der Waals surface area contributed by atoms with Gasteiger partial charge in [0.25, 0.3) is 0 Å². The molecular weight excluding hydrogens is 450 g/mol. The number of ether oxygens (including phenoxy) is 2. The Bertz CT molecular complexity index is 1440. The van der Waals surface area contributed by atoms with E-state index >= 15 is 0 Å². The highest BCUT2D eigenvalue weighted by molar-refractivity contribution is 6.03. The van der Waals surface area contributed by atoms with Gasteiger partial charge in [0.05, 0.1) is 36.5 Å². The minimum absolute atomic E-state index is 0.0380. The van der Waals surface area contributed by atoms with E-state index in [4.69, 9.17) is 15.2 Å². The molecule has 2 N–H and O–H groups in total. The number of nitrogens with two attached hydrogens (primary N) is 1. The summed E-state index contributed by atoms with van der Waals surface area (Å²) in [6.07, 6.45) is 1.86. The molecule has 1 unspecified atom stereocenters. The molecule has 5 rings (SSSR count). The van der Waals surface area contributed by atoms with Crippen LogP contribution in [-0.4, -0.2) is 19.0 Å². The second-order valence-electron chi connectivity index (χ2n) is 8.88. The maximum Gasteiger partial charge on any atom is 0.161 e. The standard InChI is InChI=1S/C30H29N3O3/c1-3-35-20-15-16-27(36-4-2)22(17-20)28-23(18-31)30(32)33(25-13-8-14-26(34)29(25)28)24-12-7-10-19-9-5-6-11-21(19)24/h5-7,9-12,15-17,28H,3-4,8,13-14,32H2,1-2H3. The van der Waals surface area contributed by atoms with Crippen molar-refractivity contribution in [1.82, 2.24) is 0 Å². The Morgan fingerprint density at radius 2 is 1.81 bits per heavy atom. The number of allylic oxidation sites excluding steroid dienone is 3. The number of ketones is 1. The SMILES string of the molecule is CCOc1ccc(OCC)c(C2C(C#N)=C(N)N(c3cccc4ccccc34)C3=C2C(=O)CCC3)c1. The van der Waals surface area contributed by atoms with Gasteiger partial charge in [0.1, 0.15) is 17.3 Å². The van der Waals surface area contributed by atoms with E-state index in [9.17, 15) is 10.1 Å². The number of Topliss-reactive ketones (excluding diaryl/α,β-unsaturated/α-hetero) is 1. The van der Waals surface area contributed by atoms with E-state index in [2.05, 4.69) is 6.07 Å². The summed E-state index contributed by atoms with van der Waals surface area (Å²) in [5, 5.41) is 12.5. The first kappa shape index (κ1) is 23.5. The molecule has 0 bridgehead atoms. The zero-order chi connectivity index (χ0) is 25.2. The summed E-state index contributed by atoms with van der Waals surface area (Å²) < 4.78 is 11.7. The van der Waals surface area contributed by atoms with Crippen molar-refractivity contribution in [3.63, 3.8) is 0 Å². The van der Waals surface area contributed by atoms with Gasteiger partial charge >= 0.3 is 0 Å². The van der Waals surface area contributed by atoms with Gasteiger partial charge in [0.2, 0.25) is 0 Å². The fourth-order valence-corrected chi connectivity index (χ4v) is 5.37. The van der Waals surface area contributed by atoms with Crippen LogP contribution >= 0.6 is 0 Å². The maximum absolute atomic E-state index is 13.6. The lowest BCUT2D eigenvalue weighted by Gasteiger charge is -2.40. The van der Waals surface area contributed by atoms with Crippen molar-refractivity contribution in [3.8, 4) is 17.6 Å². The number of rotatable bonds is 6. The summed E-state index contributed by atoms with van der Waals surface area (Å²) in [5.41, 5.74) is 10.2. The molecule has 0 radical (unpaired) electrons. The number of hydrogen-bond acceptors (Lipinski definition) is 6. The van der Waals surface area contributed by atoms with Crippen LogP contribution in [0.4, 0.5) is 5.69 Å². The summed E-state index contributed by atoms with van der Waals surface area (Å²) in [6.45, 7) is 4.79. The van der Waals surface area contributed by atoms with Crippen molar-refractivity contribution >= 4 is 22.2 Å². The number of fused-ring (bicyclic) bond motifs is 1. The molecule has 1 aliphatic carbocycles. The van der Waals surface area contributed by atoms with Gasteiger partial charge in [-0.15, -0.1) is 0 Å². The molecule has 1 aliphatic heterocycles. The minimum atomic E-state index is -0.619. The van der Waals surface area contributed by atoms with Crippen molar-refractivity contribution in [1.29, 1.82) is 5.26 Å². The molecule has 1 heterocycles. The molecule has 0 saturated carbocycles. The molecule has 6 heteroatoms. The number of nitriles is 1. The molecule has 1 atom stereocenters. The van der Waals surface area contributed by atoms with Crippen LogP contribution in [0.5, 0.6) is 11.5 Å². The summed E-state index contributed by atoms with van der Waals surface area (Å²) in [7, 11) is 0. The monoisotopic (exact) mass is 479 g/mol. The van der Waals surface area contributed by atoms with Gasteiger partial charge in [0.15, 0.2) is 5.78 Å². The predicted molar refractivity (Wildman–Crippen MR) is 141 cm³/mol. The Morgan fingerprint density at radius 3 is 2.58 bits per heavy atom. The van der Waals surface area contributed by atoms with Crippen LogP contribution in [0.25, 0.3) is 10.8 Å². The lowest BCUT2D eigenvalue weighted by molar-refractivity contribution is -0.116. The maximum atomic E-state index is 13.6. The molecule has 36 heavy (non-hydrogen) atoms. The van der Waals surface area contributed by atoms with Gasteiger partial charge in [-0.25, -0.2) is 0 Å². The summed E-state index contributed by atoms with van der Waals surface area (Å²) in [5.74, 6) is 1.04. The molecule has 0 spiro atoms. The smallest absolute Gasteiger partial charge is 0.161 e. The number of anilines is 1. The van der Waals surface area contributed by atoms with Crippen molar-refractivity contribution in [3.05, 3.63) is 88.9 Å². The molecule has 3 aromatic rings. The molecule has 0 aromatic heterocycles. The largest absolute Gasteiger partial charge is 0.494 e. The van der Waals surface area contributed by atoms with Crippen LogP contribution < -0.4 is 20.1 Å². The van der Waals surface area contributed by atoms with Gasteiger partial charge in [0, 0.05) is 28.6 Å². The summed E-state index contributed by atoms with van der Waals surface area (Å²) in [6, 6.07) is 22.0. The van der Waals surface area contributed by atoms with Crippen LogP contribution in [0.15, 0.2) is 83.3 Å². The van der Waals surface area contributed by atoms with Gasteiger partial charge in [-0.1, -0.05) is 36.4 Å². The second-order valence-corrected chi connectivity index (χ2v) is 8.88. The Hall–Kier alpha value is -4.24. The zero-order valence-corrected chi connectivity index (χ0v) is 20.6. The minimum Gasteiger partial charge on any atom is -0.494 e. The normalized spacial score (nSPS) is 17.8.